The van der Waals surface area contributed by atoms with Gasteiger partial charge in [-0.2, -0.15) is 0 Å². The molecular weight excluding hydrogens is 272 g/mol. The van der Waals surface area contributed by atoms with E-state index in [0.717, 1.165) is 0 Å². The maximum Gasteiger partial charge on any atom is 0.333 e. The number of nitrogens with zero attached hydrogens (tertiary/aromatic N) is 2. The lowest BCUT2D eigenvalue weighted by Gasteiger charge is -2.27. The van der Waals surface area contributed by atoms with Crippen molar-refractivity contribution in [2.24, 2.45) is 0 Å². The summed E-state index contributed by atoms with van der Waals surface area (Å²) in [5.41, 5.74) is -0.754. The van der Waals surface area contributed by atoms with Crippen LogP contribution < -0.4 is 11.2 Å². The van der Waals surface area contributed by atoms with Crippen LogP contribution in [0, 0.1) is 6.92 Å². The van der Waals surface area contributed by atoms with E-state index in [0.29, 0.717) is 12.0 Å². The fourth-order valence-corrected chi connectivity index (χ4v) is 2.32. The highest BCUT2D eigenvalue weighted by Gasteiger charge is 2.27. The molecule has 0 aliphatic carbocycles. The van der Waals surface area contributed by atoms with Crippen LogP contribution >= 0.6 is 0 Å². The average molecular weight is 294 g/mol. The predicted molar refractivity (Wildman–Crippen MR) is 79.4 cm³/mol. The van der Waals surface area contributed by atoms with Crippen molar-refractivity contribution in [1.82, 2.24) is 9.13 Å². The van der Waals surface area contributed by atoms with Crippen LogP contribution in [0.5, 0.6) is 0 Å². The largest absolute Gasteiger partial charge is 0.393 e. The van der Waals surface area contributed by atoms with Gasteiger partial charge >= 0.3 is 5.69 Å². The minimum Gasteiger partial charge on any atom is -0.393 e. The second-order valence-electron chi connectivity index (χ2n) is 5.94. The fraction of sp³-hybridized carbons (Fsp3) is 0.600. The van der Waals surface area contributed by atoms with Crippen LogP contribution in [0.2, 0.25) is 0 Å². The van der Waals surface area contributed by atoms with Crippen LogP contribution in [0.3, 0.4) is 0 Å². The summed E-state index contributed by atoms with van der Waals surface area (Å²) in [7, 11) is 0. The van der Waals surface area contributed by atoms with E-state index in [1.807, 2.05) is 20.8 Å². The van der Waals surface area contributed by atoms with E-state index in [1.165, 1.54) is 15.3 Å². The molecule has 116 valence electrons. The first kappa shape index (κ1) is 15.7. The Bertz CT molecular complexity index is 669. The van der Waals surface area contributed by atoms with Crippen molar-refractivity contribution in [3.63, 3.8) is 0 Å². The lowest BCUT2D eigenvalue weighted by molar-refractivity contribution is -0.0117. The Kier molecular flexibility index (Phi) is 4.20. The van der Waals surface area contributed by atoms with Gasteiger partial charge in [-0.15, -0.1) is 0 Å². The monoisotopic (exact) mass is 294 g/mol. The Morgan fingerprint density at radius 1 is 1.33 bits per heavy atom. The Morgan fingerprint density at radius 3 is 2.52 bits per heavy atom. The van der Waals surface area contributed by atoms with E-state index in [2.05, 4.69) is 0 Å². The highest BCUT2D eigenvalue weighted by atomic mass is 16.5. The van der Waals surface area contributed by atoms with Crippen molar-refractivity contribution < 1.29 is 9.84 Å². The lowest BCUT2D eigenvalue weighted by Crippen LogP contribution is -2.50. The van der Waals surface area contributed by atoms with Gasteiger partial charge < -0.3 is 9.84 Å². The predicted octanol–water partition coefficient (Wildman–Crippen LogP) is 0.909. The number of hydrogen-bond donors (Lipinski definition) is 1. The number of ether oxygens (including phenoxy) is 1. The van der Waals surface area contributed by atoms with Crippen LogP contribution in [-0.2, 0) is 10.3 Å². The van der Waals surface area contributed by atoms with Gasteiger partial charge in [-0.1, -0.05) is 13.0 Å². The van der Waals surface area contributed by atoms with Gasteiger partial charge in [0.2, 0.25) is 0 Å². The quantitative estimate of drug-likeness (QED) is 0.838. The molecule has 0 aromatic carbocycles. The molecule has 1 aliphatic heterocycles. The van der Waals surface area contributed by atoms with Crippen molar-refractivity contribution in [3.05, 3.63) is 44.8 Å². The minimum atomic E-state index is -0.590. The van der Waals surface area contributed by atoms with E-state index < -0.39 is 23.6 Å². The third-order valence-electron chi connectivity index (χ3n) is 4.01. The number of hydrogen-bond acceptors (Lipinski definition) is 4. The molecule has 0 amide bonds. The van der Waals surface area contributed by atoms with Crippen molar-refractivity contribution in [1.29, 1.82) is 0 Å². The van der Waals surface area contributed by atoms with E-state index in [1.54, 1.807) is 19.1 Å². The molecule has 0 fully saturated rings. The van der Waals surface area contributed by atoms with Crippen LogP contribution in [-0.4, -0.2) is 27.0 Å². The van der Waals surface area contributed by atoms with E-state index in [-0.39, 0.29) is 12.2 Å². The molecule has 1 aliphatic rings. The van der Waals surface area contributed by atoms with Crippen LogP contribution in [0.25, 0.3) is 0 Å². The molecule has 0 spiro atoms. The number of rotatable bonds is 4. The van der Waals surface area contributed by atoms with E-state index in [4.69, 9.17) is 9.84 Å². The van der Waals surface area contributed by atoms with Crippen molar-refractivity contribution in [3.8, 4) is 0 Å². The first-order valence-electron chi connectivity index (χ1n) is 7.11. The summed E-state index contributed by atoms with van der Waals surface area (Å²) >= 11 is 0. The Labute approximate surface area is 123 Å². The molecule has 21 heavy (non-hydrogen) atoms. The standard InChI is InChI=1S/C15H22N2O4/c1-5-15(3,4)17-13(19)10(2)8-16(14(17)20)12-7-6-11(9-18)21-12/h6-8,11-12,18H,5,9H2,1-4H3/t11-,12+/m0/s1. The zero-order valence-corrected chi connectivity index (χ0v) is 12.9. The molecule has 0 bridgehead atoms. The molecule has 0 saturated carbocycles. The van der Waals surface area contributed by atoms with Gasteiger partial charge in [0, 0.05) is 17.3 Å². The number of aliphatic hydroxyl groups excluding tert-OH is 1. The number of aromatic nitrogens is 2. The normalized spacial score (nSPS) is 22.0. The molecule has 6 heteroatoms. The number of aryl methyl sites for hydroxylation is 1. The molecule has 1 aromatic heterocycles. The van der Waals surface area contributed by atoms with Crippen LogP contribution in [0.4, 0.5) is 0 Å². The average Bonchev–Trinajstić information content (AvgIpc) is 2.91. The SMILES string of the molecule is CCC(C)(C)n1c(=O)c(C)cn([C@H]2C=C[C@@H](CO)O2)c1=O. The van der Waals surface area contributed by atoms with Gasteiger partial charge in [0.15, 0.2) is 6.23 Å². The van der Waals surface area contributed by atoms with Crippen molar-refractivity contribution in [2.75, 3.05) is 6.61 Å². The molecule has 2 atom stereocenters. The topological polar surface area (TPSA) is 73.5 Å². The summed E-state index contributed by atoms with van der Waals surface area (Å²) in [4.78, 5) is 25.0. The van der Waals surface area contributed by atoms with Gasteiger partial charge in [0.05, 0.1) is 6.61 Å². The summed E-state index contributed by atoms with van der Waals surface area (Å²) in [6.07, 6.45) is 4.60. The molecule has 0 saturated heterocycles. The van der Waals surface area contributed by atoms with Crippen LogP contribution in [0.15, 0.2) is 27.9 Å². The molecule has 1 aromatic rings. The summed E-state index contributed by atoms with van der Waals surface area (Å²) < 4.78 is 8.25. The van der Waals surface area contributed by atoms with Gasteiger partial charge in [-0.05, 0) is 33.3 Å². The van der Waals surface area contributed by atoms with Crippen molar-refractivity contribution in [2.45, 2.75) is 52.0 Å². The zero-order chi connectivity index (χ0) is 15.8. The molecule has 6 nitrogen and oxygen atoms in total. The summed E-state index contributed by atoms with van der Waals surface area (Å²) in [6, 6.07) is 0. The molecule has 2 rings (SSSR count). The highest BCUT2D eigenvalue weighted by molar-refractivity contribution is 5.09. The minimum absolute atomic E-state index is 0.138. The maximum absolute atomic E-state index is 12.7. The second-order valence-corrected chi connectivity index (χ2v) is 5.94. The summed E-state index contributed by atoms with van der Waals surface area (Å²) in [5, 5.41) is 9.10. The lowest BCUT2D eigenvalue weighted by atomic mass is 10.0. The van der Waals surface area contributed by atoms with E-state index >= 15 is 0 Å². The molecule has 0 radical (unpaired) electrons. The summed E-state index contributed by atoms with van der Waals surface area (Å²) in [5.74, 6) is 0. The molecule has 1 N–H and O–H groups in total. The van der Waals surface area contributed by atoms with E-state index in [9.17, 15) is 9.59 Å². The highest BCUT2D eigenvalue weighted by Crippen LogP contribution is 2.20. The number of aliphatic hydroxyl groups is 1. The third kappa shape index (κ3) is 2.73. The molecule has 2 heterocycles. The van der Waals surface area contributed by atoms with Gasteiger partial charge in [-0.25, -0.2) is 4.79 Å². The summed E-state index contributed by atoms with van der Waals surface area (Å²) in [6.45, 7) is 7.21. The first-order chi connectivity index (χ1) is 9.81. The Hall–Kier alpha value is -1.66. The van der Waals surface area contributed by atoms with Gasteiger partial charge in [0.25, 0.3) is 5.56 Å². The Balaban J connectivity index is 2.58. The van der Waals surface area contributed by atoms with Crippen LogP contribution in [0.1, 0.15) is 39.0 Å². The first-order valence-corrected chi connectivity index (χ1v) is 7.11. The second kappa shape index (κ2) is 5.61. The maximum atomic E-state index is 12.7. The fourth-order valence-electron chi connectivity index (χ4n) is 2.32. The zero-order valence-electron chi connectivity index (χ0n) is 12.9. The Morgan fingerprint density at radius 2 is 2.00 bits per heavy atom. The smallest absolute Gasteiger partial charge is 0.333 e. The van der Waals surface area contributed by atoms with Crippen molar-refractivity contribution >= 4 is 0 Å². The van der Waals surface area contributed by atoms with Gasteiger partial charge in [-0.3, -0.25) is 13.9 Å². The molecular formula is C15H22N2O4. The third-order valence-corrected chi connectivity index (χ3v) is 4.01. The molecule has 0 unspecified atom stereocenters. The van der Waals surface area contributed by atoms with Gasteiger partial charge in [0.1, 0.15) is 6.10 Å².